The Kier molecular flexibility index (Phi) is 7.74. The van der Waals surface area contributed by atoms with Gasteiger partial charge in [0, 0.05) is 31.4 Å². The van der Waals surface area contributed by atoms with Crippen LogP contribution < -0.4 is 26.1 Å². The third kappa shape index (κ3) is 6.52. The maximum Gasteiger partial charge on any atom is 0.416 e. The summed E-state index contributed by atoms with van der Waals surface area (Å²) in [7, 11) is 0. The standard InChI is InChI=1S/C25H27F4N9O/c1-16-4-5-33-38(16)21-11-17(25(27,28)29)10-20(12-21)34-19-3-2-18(30-13-19)14-32-36-24-31-15-22(26)23(35-24)37-6-8-39-9-7-37/h2-3,10-16,33-34H,4-9H2,1H3,(H,31,35,36)/b32-14+. The molecule has 14 heteroatoms. The van der Waals surface area contributed by atoms with Gasteiger partial charge in [-0.25, -0.2) is 20.2 Å². The van der Waals surface area contributed by atoms with Crippen LogP contribution in [0.3, 0.4) is 0 Å². The van der Waals surface area contributed by atoms with Gasteiger partial charge in [-0.05, 0) is 43.7 Å². The van der Waals surface area contributed by atoms with E-state index in [4.69, 9.17) is 4.74 Å². The van der Waals surface area contributed by atoms with Crippen LogP contribution in [0.25, 0.3) is 0 Å². The fourth-order valence-corrected chi connectivity index (χ4v) is 4.30. The Morgan fingerprint density at radius 1 is 1.10 bits per heavy atom. The number of hydrogen-bond donors (Lipinski definition) is 3. The first kappa shape index (κ1) is 26.6. The van der Waals surface area contributed by atoms with Gasteiger partial charge in [-0.2, -0.15) is 23.3 Å². The van der Waals surface area contributed by atoms with E-state index in [1.165, 1.54) is 12.4 Å². The number of aromatic nitrogens is 3. The number of rotatable bonds is 7. The topological polar surface area (TPSA) is 103 Å². The number of alkyl halides is 3. The lowest BCUT2D eigenvalue weighted by molar-refractivity contribution is -0.137. The van der Waals surface area contributed by atoms with Crippen LogP contribution in [0.4, 0.5) is 46.4 Å². The molecule has 2 fully saturated rings. The molecule has 0 aliphatic carbocycles. The number of hydrogen-bond acceptors (Lipinski definition) is 10. The molecule has 2 aromatic heterocycles. The number of halogens is 4. The minimum absolute atomic E-state index is 0.0708. The minimum atomic E-state index is -4.49. The molecule has 206 valence electrons. The van der Waals surface area contributed by atoms with E-state index in [0.29, 0.717) is 49.9 Å². The Morgan fingerprint density at radius 2 is 1.92 bits per heavy atom. The molecule has 2 aliphatic heterocycles. The number of anilines is 5. The summed E-state index contributed by atoms with van der Waals surface area (Å²) in [6.45, 7) is 4.69. The quantitative estimate of drug-likeness (QED) is 0.230. The fourth-order valence-electron chi connectivity index (χ4n) is 4.30. The van der Waals surface area contributed by atoms with Crippen LogP contribution in [-0.2, 0) is 10.9 Å². The van der Waals surface area contributed by atoms with Crippen LogP contribution in [0.2, 0.25) is 0 Å². The zero-order valence-corrected chi connectivity index (χ0v) is 21.0. The number of ether oxygens (including phenoxy) is 1. The summed E-state index contributed by atoms with van der Waals surface area (Å²) in [6, 6.07) is 7.27. The minimum Gasteiger partial charge on any atom is -0.378 e. The van der Waals surface area contributed by atoms with Crippen LogP contribution >= 0.6 is 0 Å². The van der Waals surface area contributed by atoms with Gasteiger partial charge < -0.3 is 20.0 Å². The predicted molar refractivity (Wildman–Crippen MR) is 140 cm³/mol. The molecule has 5 rings (SSSR count). The highest BCUT2D eigenvalue weighted by atomic mass is 19.4. The molecule has 0 bridgehead atoms. The number of hydrazone groups is 1. The Hall–Kier alpha value is -4.04. The SMILES string of the molecule is CC1CCNN1c1cc(Nc2ccc(/C=N/Nc3ncc(F)c(N4CCOCC4)n3)nc2)cc(C(F)(F)F)c1. The van der Waals surface area contributed by atoms with Crippen molar-refractivity contribution < 1.29 is 22.3 Å². The molecule has 1 unspecified atom stereocenters. The summed E-state index contributed by atoms with van der Waals surface area (Å²) in [6.07, 6.45) is 0.339. The van der Waals surface area contributed by atoms with Gasteiger partial charge in [-0.1, -0.05) is 0 Å². The molecule has 4 heterocycles. The Morgan fingerprint density at radius 3 is 2.62 bits per heavy atom. The van der Waals surface area contributed by atoms with Crippen molar-refractivity contribution in [3.63, 3.8) is 0 Å². The monoisotopic (exact) mass is 545 g/mol. The van der Waals surface area contributed by atoms with Crippen molar-refractivity contribution in [2.24, 2.45) is 5.10 Å². The van der Waals surface area contributed by atoms with Crippen LogP contribution in [0, 0.1) is 5.82 Å². The molecule has 2 saturated heterocycles. The highest BCUT2D eigenvalue weighted by Crippen LogP contribution is 2.36. The third-order valence-corrected chi connectivity index (χ3v) is 6.28. The van der Waals surface area contributed by atoms with E-state index in [2.05, 4.69) is 36.2 Å². The molecule has 39 heavy (non-hydrogen) atoms. The third-order valence-electron chi connectivity index (χ3n) is 6.28. The van der Waals surface area contributed by atoms with Crippen molar-refractivity contribution in [3.05, 3.63) is 59.8 Å². The van der Waals surface area contributed by atoms with E-state index in [1.54, 1.807) is 28.1 Å². The smallest absolute Gasteiger partial charge is 0.378 e. The number of benzene rings is 1. The molecule has 3 aromatic rings. The van der Waals surface area contributed by atoms with E-state index >= 15 is 0 Å². The first-order valence-corrected chi connectivity index (χ1v) is 12.4. The van der Waals surface area contributed by atoms with Crippen molar-refractivity contribution in [1.82, 2.24) is 20.4 Å². The van der Waals surface area contributed by atoms with Crippen molar-refractivity contribution in [2.45, 2.75) is 25.6 Å². The molecule has 1 aromatic carbocycles. The molecule has 10 nitrogen and oxygen atoms in total. The molecule has 0 saturated carbocycles. The van der Waals surface area contributed by atoms with Gasteiger partial charge in [-0.3, -0.25) is 4.98 Å². The van der Waals surface area contributed by atoms with Crippen LogP contribution in [0.1, 0.15) is 24.6 Å². The number of nitrogens with zero attached hydrogens (tertiary/aromatic N) is 6. The van der Waals surface area contributed by atoms with E-state index in [-0.39, 0.29) is 23.5 Å². The average molecular weight is 546 g/mol. The van der Waals surface area contributed by atoms with Crippen molar-refractivity contribution >= 4 is 35.0 Å². The van der Waals surface area contributed by atoms with Crippen molar-refractivity contribution in [2.75, 3.05) is 53.5 Å². The van der Waals surface area contributed by atoms with Crippen LogP contribution in [-0.4, -0.2) is 60.1 Å². The maximum atomic E-state index is 14.2. The van der Waals surface area contributed by atoms with Gasteiger partial charge in [-0.15, -0.1) is 0 Å². The van der Waals surface area contributed by atoms with E-state index in [0.717, 1.165) is 24.8 Å². The Balaban J connectivity index is 1.25. The number of morpholine rings is 1. The van der Waals surface area contributed by atoms with Gasteiger partial charge in [0.1, 0.15) is 0 Å². The lowest BCUT2D eigenvalue weighted by Crippen LogP contribution is -2.37. The number of nitrogens with one attached hydrogen (secondary N) is 3. The molecule has 3 N–H and O–H groups in total. The van der Waals surface area contributed by atoms with E-state index < -0.39 is 17.6 Å². The second kappa shape index (κ2) is 11.4. The van der Waals surface area contributed by atoms with Gasteiger partial charge in [0.05, 0.1) is 54.5 Å². The number of hydrazine groups is 1. The van der Waals surface area contributed by atoms with Gasteiger partial charge in [0.25, 0.3) is 0 Å². The molecule has 0 radical (unpaired) electrons. The average Bonchev–Trinajstić information content (AvgIpc) is 3.36. The summed E-state index contributed by atoms with van der Waals surface area (Å²) >= 11 is 0. The predicted octanol–water partition coefficient (Wildman–Crippen LogP) is 4.16. The fraction of sp³-hybridized carbons (Fsp3) is 0.360. The molecular formula is C25H27F4N9O. The highest BCUT2D eigenvalue weighted by molar-refractivity contribution is 5.78. The second-order valence-corrected chi connectivity index (χ2v) is 9.11. The van der Waals surface area contributed by atoms with E-state index in [1.807, 2.05) is 6.92 Å². The Labute approximate surface area is 222 Å². The Bertz CT molecular complexity index is 1310. The summed E-state index contributed by atoms with van der Waals surface area (Å²) in [5.74, 6) is -0.239. The van der Waals surface area contributed by atoms with Gasteiger partial charge in [0.15, 0.2) is 11.6 Å². The lowest BCUT2D eigenvalue weighted by Gasteiger charge is -2.27. The zero-order valence-electron chi connectivity index (χ0n) is 21.0. The van der Waals surface area contributed by atoms with Crippen LogP contribution in [0.15, 0.2) is 47.8 Å². The molecule has 0 spiro atoms. The normalized spacial score (nSPS) is 18.1. The summed E-state index contributed by atoms with van der Waals surface area (Å²) < 4.78 is 60.2. The lowest BCUT2D eigenvalue weighted by atomic mass is 10.1. The largest absolute Gasteiger partial charge is 0.416 e. The molecule has 1 atom stereocenters. The zero-order chi connectivity index (χ0) is 27.4. The highest BCUT2D eigenvalue weighted by Gasteiger charge is 2.32. The first-order chi connectivity index (χ1) is 18.8. The van der Waals surface area contributed by atoms with Gasteiger partial charge in [0.2, 0.25) is 5.95 Å². The second-order valence-electron chi connectivity index (χ2n) is 9.11. The maximum absolute atomic E-state index is 14.2. The van der Waals surface area contributed by atoms with Crippen molar-refractivity contribution in [3.8, 4) is 0 Å². The van der Waals surface area contributed by atoms with E-state index in [9.17, 15) is 17.6 Å². The summed E-state index contributed by atoms with van der Waals surface area (Å²) in [5, 5.41) is 8.81. The van der Waals surface area contributed by atoms with Crippen LogP contribution in [0.5, 0.6) is 0 Å². The van der Waals surface area contributed by atoms with Crippen molar-refractivity contribution in [1.29, 1.82) is 0 Å². The summed E-state index contributed by atoms with van der Waals surface area (Å²) in [4.78, 5) is 14.1. The molecule has 2 aliphatic rings. The summed E-state index contributed by atoms with van der Waals surface area (Å²) in [5.41, 5.74) is 6.74. The number of pyridine rings is 1. The first-order valence-electron chi connectivity index (χ1n) is 12.4. The van der Waals surface area contributed by atoms with Gasteiger partial charge >= 0.3 is 6.18 Å². The molecule has 0 amide bonds. The molecular weight excluding hydrogens is 518 g/mol.